The molecule has 7 heteroatoms. The van der Waals surface area contributed by atoms with Gasteiger partial charge in [-0.3, -0.25) is 14.2 Å². The summed E-state index contributed by atoms with van der Waals surface area (Å²) in [6, 6.07) is 17.0. The average Bonchev–Trinajstić information content (AvgIpc) is 3.23. The van der Waals surface area contributed by atoms with Crippen LogP contribution in [0.25, 0.3) is 5.69 Å². The van der Waals surface area contributed by atoms with Crippen LogP contribution in [0.4, 0.5) is 5.69 Å². The summed E-state index contributed by atoms with van der Waals surface area (Å²) in [7, 11) is 0. The monoisotopic (exact) mass is 434 g/mol. The Morgan fingerprint density at radius 1 is 1.00 bits per heavy atom. The molecule has 1 fully saturated rings. The van der Waals surface area contributed by atoms with Crippen molar-refractivity contribution in [2.24, 2.45) is 0 Å². The van der Waals surface area contributed by atoms with E-state index < -0.39 is 0 Å². The minimum Gasteiger partial charge on any atom is -0.325 e. The van der Waals surface area contributed by atoms with Crippen LogP contribution in [0, 0.1) is 0 Å². The van der Waals surface area contributed by atoms with Gasteiger partial charge in [-0.2, -0.15) is 0 Å². The zero-order valence-electron chi connectivity index (χ0n) is 17.6. The lowest BCUT2D eigenvalue weighted by Crippen LogP contribution is -2.15. The lowest BCUT2D eigenvalue weighted by molar-refractivity contribution is -0.113. The number of hydrogen-bond donors (Lipinski definition) is 1. The summed E-state index contributed by atoms with van der Waals surface area (Å²) >= 11 is 1.39. The number of Topliss-reactive ketones (excluding diaryl/α,β-unsaturated/α-hetero) is 1. The molecular formula is C24H26N4O2S. The summed E-state index contributed by atoms with van der Waals surface area (Å²) in [5.74, 6) is 1.51. The van der Waals surface area contributed by atoms with Crippen LogP contribution in [0.5, 0.6) is 0 Å². The molecule has 1 aromatic heterocycles. The van der Waals surface area contributed by atoms with E-state index in [0.29, 0.717) is 17.2 Å². The Balaban J connectivity index is 1.48. The van der Waals surface area contributed by atoms with Crippen LogP contribution in [0.1, 0.15) is 61.1 Å². The van der Waals surface area contributed by atoms with Crippen molar-refractivity contribution in [1.82, 2.24) is 14.8 Å². The van der Waals surface area contributed by atoms with Gasteiger partial charge in [-0.05, 0) is 56.2 Å². The molecule has 6 nitrogen and oxygen atoms in total. The molecule has 3 aromatic rings. The van der Waals surface area contributed by atoms with Gasteiger partial charge in [0.1, 0.15) is 5.82 Å². The third-order valence-electron chi connectivity index (χ3n) is 5.55. The Morgan fingerprint density at radius 3 is 2.39 bits per heavy atom. The number of amides is 1. The minimum atomic E-state index is -0.123. The second-order valence-corrected chi connectivity index (χ2v) is 8.76. The number of ketones is 1. The predicted octanol–water partition coefficient (Wildman–Crippen LogP) is 5.25. The molecule has 0 aliphatic heterocycles. The summed E-state index contributed by atoms with van der Waals surface area (Å²) in [6.07, 6.45) is 5.99. The average molecular weight is 435 g/mol. The maximum atomic E-state index is 12.5. The van der Waals surface area contributed by atoms with Gasteiger partial charge in [0, 0.05) is 22.9 Å². The number of carbonyl (C=O) groups excluding carboxylic acids is 2. The zero-order chi connectivity index (χ0) is 21.6. The Bertz CT molecular complexity index is 1040. The first-order valence-corrected chi connectivity index (χ1v) is 11.6. The van der Waals surface area contributed by atoms with E-state index >= 15 is 0 Å². The van der Waals surface area contributed by atoms with Crippen molar-refractivity contribution in [2.75, 3.05) is 11.1 Å². The number of anilines is 1. The molecule has 0 atom stereocenters. The number of nitrogens with zero attached hydrogens (tertiary/aromatic N) is 3. The smallest absolute Gasteiger partial charge is 0.234 e. The first kappa shape index (κ1) is 21.3. The molecule has 1 N–H and O–H groups in total. The Hall–Kier alpha value is -2.93. The second-order valence-electron chi connectivity index (χ2n) is 7.82. The van der Waals surface area contributed by atoms with E-state index in [1.807, 2.05) is 18.2 Å². The van der Waals surface area contributed by atoms with Crippen LogP contribution >= 0.6 is 11.8 Å². The lowest BCUT2D eigenvalue weighted by Gasteiger charge is -2.22. The number of thioether (sulfide) groups is 1. The molecule has 2 aromatic carbocycles. The fraction of sp³-hybridized carbons (Fsp3) is 0.333. The van der Waals surface area contributed by atoms with E-state index in [-0.39, 0.29) is 17.4 Å². The maximum absolute atomic E-state index is 12.5. The molecule has 1 aliphatic carbocycles. The summed E-state index contributed by atoms with van der Waals surface area (Å²) in [6.45, 7) is 1.52. The number of hydrogen-bond acceptors (Lipinski definition) is 5. The van der Waals surface area contributed by atoms with E-state index in [9.17, 15) is 9.59 Å². The van der Waals surface area contributed by atoms with E-state index in [2.05, 4.69) is 32.2 Å². The van der Waals surface area contributed by atoms with Crippen LogP contribution in [-0.2, 0) is 4.79 Å². The molecule has 0 radical (unpaired) electrons. The molecular weight excluding hydrogens is 408 g/mol. The fourth-order valence-corrected chi connectivity index (χ4v) is 4.69. The molecule has 1 saturated carbocycles. The van der Waals surface area contributed by atoms with Crippen LogP contribution in [0.15, 0.2) is 59.8 Å². The standard InChI is InChI=1S/C24H26N4O2S/c1-17(29)18-12-14-20(15-13-18)25-22(30)16-31-24-27-26-23(19-8-4-2-5-9-19)28(24)21-10-6-3-7-11-21/h3,6-7,10-15,19H,2,4-5,8-9,16H2,1H3,(H,25,30). The van der Waals surface area contributed by atoms with Crippen molar-refractivity contribution in [2.45, 2.75) is 50.1 Å². The first-order valence-electron chi connectivity index (χ1n) is 10.7. The normalized spacial score (nSPS) is 14.4. The fourth-order valence-electron chi connectivity index (χ4n) is 3.94. The van der Waals surface area contributed by atoms with Crippen LogP contribution < -0.4 is 5.32 Å². The quantitative estimate of drug-likeness (QED) is 0.406. The van der Waals surface area contributed by atoms with Crippen LogP contribution in [0.2, 0.25) is 0 Å². The highest BCUT2D eigenvalue weighted by Gasteiger charge is 2.24. The van der Waals surface area contributed by atoms with Crippen molar-refractivity contribution in [3.8, 4) is 5.69 Å². The van der Waals surface area contributed by atoms with E-state index in [1.165, 1.54) is 37.9 Å². The highest BCUT2D eigenvalue weighted by Crippen LogP contribution is 2.34. The topological polar surface area (TPSA) is 76.9 Å². The Labute approximate surface area is 186 Å². The van der Waals surface area contributed by atoms with E-state index in [1.54, 1.807) is 24.3 Å². The molecule has 0 bridgehead atoms. The largest absolute Gasteiger partial charge is 0.325 e. The molecule has 160 valence electrons. The molecule has 4 rings (SSSR count). The van der Waals surface area contributed by atoms with Gasteiger partial charge in [0.05, 0.1) is 5.75 Å². The summed E-state index contributed by atoms with van der Waals surface area (Å²) in [4.78, 5) is 23.9. The van der Waals surface area contributed by atoms with Crippen LogP contribution in [0.3, 0.4) is 0 Å². The van der Waals surface area contributed by atoms with Crippen molar-refractivity contribution >= 4 is 29.1 Å². The molecule has 31 heavy (non-hydrogen) atoms. The molecule has 0 saturated heterocycles. The third-order valence-corrected chi connectivity index (χ3v) is 6.48. The van der Waals surface area contributed by atoms with Gasteiger partial charge < -0.3 is 5.32 Å². The molecule has 0 unspecified atom stereocenters. The van der Waals surface area contributed by atoms with Crippen LogP contribution in [-0.4, -0.2) is 32.2 Å². The second kappa shape index (κ2) is 9.92. The van der Waals surface area contributed by atoms with Gasteiger partial charge in [0.15, 0.2) is 10.9 Å². The summed E-state index contributed by atoms with van der Waals surface area (Å²) in [5.41, 5.74) is 2.32. The van der Waals surface area contributed by atoms with E-state index in [4.69, 9.17) is 0 Å². The minimum absolute atomic E-state index is 0.00227. The number of carbonyl (C=O) groups is 2. The Morgan fingerprint density at radius 2 is 1.71 bits per heavy atom. The van der Waals surface area contributed by atoms with Gasteiger partial charge in [-0.15, -0.1) is 10.2 Å². The van der Waals surface area contributed by atoms with Gasteiger partial charge in [-0.25, -0.2) is 0 Å². The SMILES string of the molecule is CC(=O)c1ccc(NC(=O)CSc2nnc(C3CCCCC3)n2-c2ccccc2)cc1. The summed E-state index contributed by atoms with van der Waals surface area (Å²) < 4.78 is 2.11. The van der Waals surface area contributed by atoms with E-state index in [0.717, 1.165) is 29.5 Å². The Kier molecular flexibility index (Phi) is 6.82. The van der Waals surface area contributed by atoms with Crippen molar-refractivity contribution < 1.29 is 9.59 Å². The maximum Gasteiger partial charge on any atom is 0.234 e. The molecule has 0 spiro atoms. The molecule has 1 aliphatic rings. The molecule has 1 amide bonds. The number of para-hydroxylation sites is 1. The van der Waals surface area contributed by atoms with Gasteiger partial charge >= 0.3 is 0 Å². The lowest BCUT2D eigenvalue weighted by atomic mass is 9.88. The summed E-state index contributed by atoms with van der Waals surface area (Å²) in [5, 5.41) is 12.6. The zero-order valence-corrected chi connectivity index (χ0v) is 18.4. The van der Waals surface area contributed by atoms with Gasteiger partial charge in [0.25, 0.3) is 0 Å². The number of rotatable bonds is 7. The van der Waals surface area contributed by atoms with Crippen molar-refractivity contribution in [3.63, 3.8) is 0 Å². The van der Waals surface area contributed by atoms with Gasteiger partial charge in [0.2, 0.25) is 5.91 Å². The molecule has 1 heterocycles. The number of nitrogens with one attached hydrogen (secondary N) is 1. The number of aromatic nitrogens is 3. The van der Waals surface area contributed by atoms with Crippen molar-refractivity contribution in [1.29, 1.82) is 0 Å². The van der Waals surface area contributed by atoms with Crippen molar-refractivity contribution in [3.05, 3.63) is 66.0 Å². The van der Waals surface area contributed by atoms with Gasteiger partial charge in [-0.1, -0.05) is 49.2 Å². The first-order chi connectivity index (χ1) is 15.1. The predicted molar refractivity (Wildman–Crippen MR) is 123 cm³/mol. The highest BCUT2D eigenvalue weighted by atomic mass is 32.2. The highest BCUT2D eigenvalue weighted by molar-refractivity contribution is 7.99. The number of benzene rings is 2. The third kappa shape index (κ3) is 5.22.